The summed E-state index contributed by atoms with van der Waals surface area (Å²) in [6.07, 6.45) is 3.17. The van der Waals surface area contributed by atoms with Gasteiger partial charge in [0.25, 0.3) is 0 Å². The number of ether oxygens (including phenoxy) is 2. The molecule has 0 bridgehead atoms. The summed E-state index contributed by atoms with van der Waals surface area (Å²) < 4.78 is 10.4. The lowest BCUT2D eigenvalue weighted by Gasteiger charge is -2.08. The smallest absolute Gasteiger partial charge is 0.248 e. The van der Waals surface area contributed by atoms with Gasteiger partial charge in [0.1, 0.15) is 0 Å². The van der Waals surface area contributed by atoms with Crippen molar-refractivity contribution in [2.24, 2.45) is 0 Å². The molecular formula is C18H18ClNO3. The van der Waals surface area contributed by atoms with Gasteiger partial charge in [-0.2, -0.15) is 0 Å². The number of nitrogens with one attached hydrogen (secondary N) is 1. The van der Waals surface area contributed by atoms with Gasteiger partial charge < -0.3 is 14.8 Å². The molecule has 2 rings (SSSR count). The summed E-state index contributed by atoms with van der Waals surface area (Å²) >= 11 is 6.04. The van der Waals surface area contributed by atoms with Gasteiger partial charge in [-0.15, -0.1) is 0 Å². The second kappa shape index (κ2) is 7.70. The first-order chi connectivity index (χ1) is 11.0. The Hall–Kier alpha value is -2.46. The summed E-state index contributed by atoms with van der Waals surface area (Å²) in [5.74, 6) is 1.02. The van der Waals surface area contributed by atoms with E-state index in [9.17, 15) is 4.79 Å². The van der Waals surface area contributed by atoms with Gasteiger partial charge in [0.05, 0.1) is 14.2 Å². The van der Waals surface area contributed by atoms with Gasteiger partial charge in [0, 0.05) is 16.8 Å². The maximum absolute atomic E-state index is 12.0. The first-order valence-electron chi connectivity index (χ1n) is 7.01. The molecule has 0 aliphatic heterocycles. The van der Waals surface area contributed by atoms with Crippen molar-refractivity contribution in [2.75, 3.05) is 19.5 Å². The molecule has 0 aliphatic rings. The standard InChI is InChI=1S/C18H18ClNO3/c1-12-14(19)5-4-6-15(12)20-18(21)10-8-13-7-9-16(22-2)17(11-13)23-3/h4-11H,1-3H3,(H,20,21)/b10-8-. The molecule has 0 fully saturated rings. The largest absolute Gasteiger partial charge is 0.493 e. The molecule has 1 N–H and O–H groups in total. The molecule has 2 aromatic rings. The van der Waals surface area contributed by atoms with Crippen molar-refractivity contribution in [3.05, 3.63) is 58.6 Å². The van der Waals surface area contributed by atoms with Crippen molar-refractivity contribution in [3.8, 4) is 11.5 Å². The average molecular weight is 332 g/mol. The van der Waals surface area contributed by atoms with Crippen LogP contribution in [-0.2, 0) is 4.79 Å². The summed E-state index contributed by atoms with van der Waals surface area (Å²) in [5.41, 5.74) is 2.36. The van der Waals surface area contributed by atoms with Crippen molar-refractivity contribution in [1.29, 1.82) is 0 Å². The molecule has 120 valence electrons. The van der Waals surface area contributed by atoms with Crippen LogP contribution < -0.4 is 14.8 Å². The fourth-order valence-corrected chi connectivity index (χ4v) is 2.22. The number of rotatable bonds is 5. The van der Waals surface area contributed by atoms with Gasteiger partial charge in [0.15, 0.2) is 11.5 Å². The minimum atomic E-state index is -0.231. The van der Waals surface area contributed by atoms with Crippen LogP contribution in [0.15, 0.2) is 42.5 Å². The average Bonchev–Trinajstić information content (AvgIpc) is 2.56. The third kappa shape index (κ3) is 4.27. The second-order valence-electron chi connectivity index (χ2n) is 4.85. The number of benzene rings is 2. The number of halogens is 1. The lowest BCUT2D eigenvalue weighted by atomic mass is 10.1. The molecule has 4 nitrogen and oxygen atoms in total. The fourth-order valence-electron chi connectivity index (χ4n) is 2.05. The molecule has 0 aromatic heterocycles. The highest BCUT2D eigenvalue weighted by Crippen LogP contribution is 2.28. The zero-order valence-electron chi connectivity index (χ0n) is 13.2. The number of hydrogen-bond acceptors (Lipinski definition) is 3. The predicted octanol–water partition coefficient (Wildman–Crippen LogP) is 4.32. The maximum Gasteiger partial charge on any atom is 0.248 e. The van der Waals surface area contributed by atoms with Crippen molar-refractivity contribution >= 4 is 29.3 Å². The number of methoxy groups -OCH3 is 2. The Labute approximate surface area is 140 Å². The van der Waals surface area contributed by atoms with E-state index in [2.05, 4.69) is 5.32 Å². The van der Waals surface area contributed by atoms with E-state index in [1.54, 1.807) is 44.6 Å². The van der Waals surface area contributed by atoms with E-state index in [-0.39, 0.29) is 5.91 Å². The van der Waals surface area contributed by atoms with Gasteiger partial charge in [-0.1, -0.05) is 23.7 Å². The van der Waals surface area contributed by atoms with E-state index in [1.807, 2.05) is 19.1 Å². The molecule has 0 radical (unpaired) electrons. The molecular weight excluding hydrogens is 314 g/mol. The highest BCUT2D eigenvalue weighted by atomic mass is 35.5. The van der Waals surface area contributed by atoms with Crippen molar-refractivity contribution in [1.82, 2.24) is 0 Å². The highest BCUT2D eigenvalue weighted by molar-refractivity contribution is 6.31. The molecule has 0 unspecified atom stereocenters. The SMILES string of the molecule is COc1ccc(/C=C\C(=O)Nc2cccc(Cl)c2C)cc1OC. The first kappa shape index (κ1) is 16.9. The topological polar surface area (TPSA) is 47.6 Å². The van der Waals surface area contributed by atoms with Crippen LogP contribution in [0.5, 0.6) is 11.5 Å². The lowest BCUT2D eigenvalue weighted by Crippen LogP contribution is -2.08. The van der Waals surface area contributed by atoms with Crippen LogP contribution in [0.25, 0.3) is 6.08 Å². The lowest BCUT2D eigenvalue weighted by molar-refractivity contribution is -0.111. The third-order valence-electron chi connectivity index (χ3n) is 3.36. The number of carbonyl (C=O) groups excluding carboxylic acids is 1. The molecule has 0 aliphatic carbocycles. The third-order valence-corrected chi connectivity index (χ3v) is 3.77. The zero-order valence-corrected chi connectivity index (χ0v) is 14.0. The fraction of sp³-hybridized carbons (Fsp3) is 0.167. The predicted molar refractivity (Wildman–Crippen MR) is 93.4 cm³/mol. The number of carbonyl (C=O) groups is 1. The van der Waals surface area contributed by atoms with Crippen LogP contribution in [0.1, 0.15) is 11.1 Å². The summed E-state index contributed by atoms with van der Waals surface area (Å²) in [6.45, 7) is 1.86. The first-order valence-corrected chi connectivity index (χ1v) is 7.39. The van der Waals surface area contributed by atoms with Gasteiger partial charge in [-0.3, -0.25) is 4.79 Å². The number of anilines is 1. The summed E-state index contributed by atoms with van der Waals surface area (Å²) in [7, 11) is 3.15. The monoisotopic (exact) mass is 331 g/mol. The van der Waals surface area contributed by atoms with Crippen LogP contribution in [0.3, 0.4) is 0 Å². The molecule has 0 spiro atoms. The zero-order chi connectivity index (χ0) is 16.8. The molecule has 5 heteroatoms. The van der Waals surface area contributed by atoms with Gasteiger partial charge in [-0.05, 0) is 48.4 Å². The second-order valence-corrected chi connectivity index (χ2v) is 5.26. The van der Waals surface area contributed by atoms with E-state index >= 15 is 0 Å². The van der Waals surface area contributed by atoms with Crippen molar-refractivity contribution < 1.29 is 14.3 Å². The van der Waals surface area contributed by atoms with Gasteiger partial charge >= 0.3 is 0 Å². The maximum atomic E-state index is 12.0. The summed E-state index contributed by atoms with van der Waals surface area (Å²) in [6, 6.07) is 10.8. The quantitative estimate of drug-likeness (QED) is 0.830. The normalized spacial score (nSPS) is 10.6. The molecule has 0 atom stereocenters. The Bertz CT molecular complexity index is 741. The van der Waals surface area contributed by atoms with Crippen LogP contribution in [0.2, 0.25) is 5.02 Å². The molecule has 2 aromatic carbocycles. The number of hydrogen-bond donors (Lipinski definition) is 1. The molecule has 1 amide bonds. The van der Waals surface area contributed by atoms with E-state index in [1.165, 1.54) is 6.08 Å². The molecule has 0 heterocycles. The van der Waals surface area contributed by atoms with E-state index in [0.717, 1.165) is 11.1 Å². The van der Waals surface area contributed by atoms with Crippen LogP contribution >= 0.6 is 11.6 Å². The Balaban J connectivity index is 2.10. The van der Waals surface area contributed by atoms with E-state index < -0.39 is 0 Å². The number of amides is 1. The molecule has 0 saturated carbocycles. The van der Waals surface area contributed by atoms with Gasteiger partial charge in [0.2, 0.25) is 5.91 Å². The highest BCUT2D eigenvalue weighted by Gasteiger charge is 2.05. The minimum Gasteiger partial charge on any atom is -0.493 e. The summed E-state index contributed by atoms with van der Waals surface area (Å²) in [5, 5.41) is 3.42. The van der Waals surface area contributed by atoms with E-state index in [4.69, 9.17) is 21.1 Å². The summed E-state index contributed by atoms with van der Waals surface area (Å²) in [4.78, 5) is 12.0. The van der Waals surface area contributed by atoms with Crippen LogP contribution in [0.4, 0.5) is 5.69 Å². The van der Waals surface area contributed by atoms with Crippen LogP contribution in [0, 0.1) is 6.92 Å². The van der Waals surface area contributed by atoms with Crippen molar-refractivity contribution in [3.63, 3.8) is 0 Å². The van der Waals surface area contributed by atoms with Crippen molar-refractivity contribution in [2.45, 2.75) is 6.92 Å². The minimum absolute atomic E-state index is 0.231. The molecule has 0 saturated heterocycles. The Morgan fingerprint density at radius 2 is 1.87 bits per heavy atom. The Morgan fingerprint density at radius 3 is 2.57 bits per heavy atom. The Morgan fingerprint density at radius 1 is 1.13 bits per heavy atom. The molecule has 23 heavy (non-hydrogen) atoms. The Kier molecular flexibility index (Phi) is 5.66. The van der Waals surface area contributed by atoms with E-state index in [0.29, 0.717) is 22.2 Å². The van der Waals surface area contributed by atoms with Gasteiger partial charge in [-0.25, -0.2) is 0 Å². The van der Waals surface area contributed by atoms with Crippen LogP contribution in [-0.4, -0.2) is 20.1 Å².